The number of hydrogen-bond acceptors (Lipinski definition) is 4. The van der Waals surface area contributed by atoms with E-state index in [9.17, 15) is 9.18 Å². The van der Waals surface area contributed by atoms with Crippen molar-refractivity contribution in [2.75, 3.05) is 31.1 Å². The molecule has 0 spiro atoms. The number of halogens is 3. The molecule has 164 valence electrons. The highest BCUT2D eigenvalue weighted by molar-refractivity contribution is 7.15. The summed E-state index contributed by atoms with van der Waals surface area (Å²) in [5, 5.41) is 3.05. The van der Waals surface area contributed by atoms with Gasteiger partial charge in [-0.15, -0.1) is 11.3 Å². The van der Waals surface area contributed by atoms with Gasteiger partial charge in [-0.1, -0.05) is 29.3 Å². The van der Waals surface area contributed by atoms with Gasteiger partial charge < -0.3 is 9.80 Å². The van der Waals surface area contributed by atoms with E-state index in [1.165, 1.54) is 23.5 Å². The van der Waals surface area contributed by atoms with Crippen LogP contribution in [0.25, 0.3) is 16.2 Å². The zero-order valence-corrected chi connectivity index (χ0v) is 19.3. The molecule has 5 nitrogen and oxygen atoms in total. The quantitative estimate of drug-likeness (QED) is 0.386. The van der Waals surface area contributed by atoms with Crippen LogP contribution in [0.15, 0.2) is 54.0 Å². The smallest absolute Gasteiger partial charge is 0.228 e. The lowest BCUT2D eigenvalue weighted by molar-refractivity contribution is -0.130. The number of amides is 1. The lowest BCUT2D eigenvalue weighted by Gasteiger charge is -2.36. The van der Waals surface area contributed by atoms with Crippen LogP contribution >= 0.6 is 34.5 Å². The Bertz CT molecular complexity index is 1280. The fourth-order valence-corrected chi connectivity index (χ4v) is 5.20. The van der Waals surface area contributed by atoms with E-state index in [1.807, 2.05) is 33.0 Å². The fourth-order valence-electron chi connectivity index (χ4n) is 3.92. The Balaban J connectivity index is 1.26. The summed E-state index contributed by atoms with van der Waals surface area (Å²) in [5.74, 6) is -0.197. The van der Waals surface area contributed by atoms with Crippen molar-refractivity contribution < 1.29 is 9.18 Å². The number of hydrogen-bond donors (Lipinski definition) is 0. The number of carbonyl (C=O) groups is 1. The summed E-state index contributed by atoms with van der Waals surface area (Å²) in [6, 6.07) is 11.9. The molecule has 2 aromatic heterocycles. The molecule has 0 atom stereocenters. The van der Waals surface area contributed by atoms with Gasteiger partial charge in [0, 0.05) is 49.0 Å². The van der Waals surface area contributed by atoms with Crippen LogP contribution < -0.4 is 4.90 Å². The van der Waals surface area contributed by atoms with Crippen molar-refractivity contribution in [2.45, 2.75) is 6.42 Å². The predicted octanol–water partition coefficient (Wildman–Crippen LogP) is 5.40. The van der Waals surface area contributed by atoms with Crippen molar-refractivity contribution in [2.24, 2.45) is 0 Å². The SMILES string of the molecule is O=C(Cc1csc2nc(-c3ccc(F)cc3)cn12)N1CCN(c2cccc(Cl)c2Cl)CC1. The molecule has 1 amide bonds. The molecule has 5 rings (SSSR count). The average molecular weight is 489 g/mol. The fraction of sp³-hybridized carbons (Fsp3) is 0.217. The third-order valence-corrected chi connectivity index (χ3v) is 7.36. The summed E-state index contributed by atoms with van der Waals surface area (Å²) in [6.45, 7) is 2.65. The summed E-state index contributed by atoms with van der Waals surface area (Å²) >= 11 is 14.0. The van der Waals surface area contributed by atoms with E-state index >= 15 is 0 Å². The molecule has 4 aromatic rings. The third kappa shape index (κ3) is 4.08. The van der Waals surface area contributed by atoms with Gasteiger partial charge in [-0.2, -0.15) is 0 Å². The molecular formula is C23H19Cl2FN4OS. The number of piperazine rings is 1. The maximum absolute atomic E-state index is 13.2. The Morgan fingerprint density at radius 1 is 1.06 bits per heavy atom. The number of thiazole rings is 1. The molecule has 1 aliphatic rings. The summed E-state index contributed by atoms with van der Waals surface area (Å²) in [7, 11) is 0. The van der Waals surface area contributed by atoms with Gasteiger partial charge in [0.1, 0.15) is 5.82 Å². The van der Waals surface area contributed by atoms with E-state index in [4.69, 9.17) is 23.2 Å². The molecule has 2 aromatic carbocycles. The molecule has 1 fully saturated rings. The van der Waals surface area contributed by atoms with Gasteiger partial charge in [0.25, 0.3) is 0 Å². The van der Waals surface area contributed by atoms with Crippen molar-refractivity contribution in [1.82, 2.24) is 14.3 Å². The zero-order chi connectivity index (χ0) is 22.2. The lowest BCUT2D eigenvalue weighted by Crippen LogP contribution is -2.49. The summed E-state index contributed by atoms with van der Waals surface area (Å²) in [4.78, 5) is 22.4. The number of imidazole rings is 1. The minimum absolute atomic E-state index is 0.0820. The Labute approximate surface area is 198 Å². The van der Waals surface area contributed by atoms with E-state index < -0.39 is 0 Å². The molecule has 32 heavy (non-hydrogen) atoms. The Hall–Kier alpha value is -2.61. The highest BCUT2D eigenvalue weighted by Crippen LogP contribution is 2.33. The highest BCUT2D eigenvalue weighted by Gasteiger charge is 2.24. The largest absolute Gasteiger partial charge is 0.367 e. The number of fused-ring (bicyclic) bond motifs is 1. The van der Waals surface area contributed by atoms with E-state index in [0.29, 0.717) is 42.6 Å². The first-order valence-corrected chi connectivity index (χ1v) is 11.8. The van der Waals surface area contributed by atoms with Crippen LogP contribution in [0, 0.1) is 5.82 Å². The number of aromatic nitrogens is 2. The standard InChI is InChI=1S/C23H19Cl2FN4OS/c24-18-2-1-3-20(22(18)25)28-8-10-29(11-9-28)21(31)12-17-14-32-23-27-19(13-30(17)23)15-4-6-16(26)7-5-15/h1-7,13-14H,8-12H2. The topological polar surface area (TPSA) is 40.9 Å². The molecular weight excluding hydrogens is 470 g/mol. The van der Waals surface area contributed by atoms with Crippen LogP contribution in [0.5, 0.6) is 0 Å². The van der Waals surface area contributed by atoms with Crippen LogP contribution in [0.4, 0.5) is 10.1 Å². The Morgan fingerprint density at radius 2 is 1.81 bits per heavy atom. The molecule has 0 saturated carbocycles. The molecule has 3 heterocycles. The third-order valence-electron chi connectivity index (χ3n) is 5.66. The van der Waals surface area contributed by atoms with E-state index in [-0.39, 0.29) is 11.7 Å². The molecule has 0 aliphatic carbocycles. The number of benzene rings is 2. The molecule has 0 bridgehead atoms. The first kappa shape index (κ1) is 21.2. The summed E-state index contributed by atoms with van der Waals surface area (Å²) in [5.41, 5.74) is 3.40. The van der Waals surface area contributed by atoms with Crippen LogP contribution in [-0.4, -0.2) is 46.4 Å². The van der Waals surface area contributed by atoms with Crippen LogP contribution in [0.1, 0.15) is 5.69 Å². The molecule has 0 N–H and O–H groups in total. The maximum Gasteiger partial charge on any atom is 0.228 e. The Morgan fingerprint density at radius 3 is 2.56 bits per heavy atom. The van der Waals surface area contributed by atoms with E-state index in [1.54, 1.807) is 18.2 Å². The van der Waals surface area contributed by atoms with Crippen LogP contribution in [0.3, 0.4) is 0 Å². The lowest BCUT2D eigenvalue weighted by atomic mass is 10.2. The number of nitrogens with zero attached hydrogens (tertiary/aromatic N) is 4. The van der Waals surface area contributed by atoms with Gasteiger partial charge in [-0.05, 0) is 36.4 Å². The maximum atomic E-state index is 13.2. The van der Waals surface area contributed by atoms with Gasteiger partial charge in [0.05, 0.1) is 27.8 Å². The second-order valence-electron chi connectivity index (χ2n) is 7.63. The van der Waals surface area contributed by atoms with Crippen molar-refractivity contribution in [1.29, 1.82) is 0 Å². The van der Waals surface area contributed by atoms with Gasteiger partial charge in [-0.25, -0.2) is 9.37 Å². The zero-order valence-electron chi connectivity index (χ0n) is 17.0. The molecule has 1 aliphatic heterocycles. The minimum atomic E-state index is -0.279. The Kier molecular flexibility index (Phi) is 5.80. The predicted molar refractivity (Wildman–Crippen MR) is 127 cm³/mol. The molecule has 0 radical (unpaired) electrons. The first-order valence-electron chi connectivity index (χ1n) is 10.2. The molecule has 0 unspecified atom stereocenters. The van der Waals surface area contributed by atoms with E-state index in [0.717, 1.165) is 27.6 Å². The van der Waals surface area contributed by atoms with Crippen LogP contribution in [0.2, 0.25) is 10.0 Å². The normalized spacial score (nSPS) is 14.3. The minimum Gasteiger partial charge on any atom is -0.367 e. The van der Waals surface area contributed by atoms with Gasteiger partial charge in [0.2, 0.25) is 5.91 Å². The average Bonchev–Trinajstić information content (AvgIpc) is 3.38. The second-order valence-corrected chi connectivity index (χ2v) is 9.25. The number of carbonyl (C=O) groups excluding carboxylic acids is 1. The number of rotatable bonds is 4. The first-order chi connectivity index (χ1) is 15.5. The number of anilines is 1. The molecule has 1 saturated heterocycles. The van der Waals surface area contributed by atoms with Crippen LogP contribution in [-0.2, 0) is 11.2 Å². The van der Waals surface area contributed by atoms with Crippen molar-refractivity contribution in [3.63, 3.8) is 0 Å². The van der Waals surface area contributed by atoms with Gasteiger partial charge in [-0.3, -0.25) is 9.20 Å². The summed E-state index contributed by atoms with van der Waals surface area (Å²) in [6.07, 6.45) is 2.21. The second kappa shape index (κ2) is 8.73. The summed E-state index contributed by atoms with van der Waals surface area (Å²) < 4.78 is 15.2. The van der Waals surface area contributed by atoms with Crippen molar-refractivity contribution in [3.05, 3.63) is 75.6 Å². The van der Waals surface area contributed by atoms with Crippen molar-refractivity contribution >= 4 is 51.1 Å². The van der Waals surface area contributed by atoms with Gasteiger partial charge in [0.15, 0.2) is 4.96 Å². The van der Waals surface area contributed by atoms with E-state index in [2.05, 4.69) is 9.88 Å². The molecule has 9 heteroatoms. The highest BCUT2D eigenvalue weighted by atomic mass is 35.5. The van der Waals surface area contributed by atoms with Gasteiger partial charge >= 0.3 is 0 Å². The monoisotopic (exact) mass is 488 g/mol. The van der Waals surface area contributed by atoms with Crippen molar-refractivity contribution in [3.8, 4) is 11.3 Å².